The van der Waals surface area contributed by atoms with Gasteiger partial charge in [0, 0.05) is 25.5 Å². The molecule has 1 aliphatic rings. The number of carboxylic acids is 1. The molecule has 0 unspecified atom stereocenters. The lowest BCUT2D eigenvalue weighted by Gasteiger charge is -2.33. The number of aromatic nitrogens is 1. The van der Waals surface area contributed by atoms with Gasteiger partial charge in [-0.1, -0.05) is 0 Å². The predicted octanol–water partition coefficient (Wildman–Crippen LogP) is 1.80. The van der Waals surface area contributed by atoms with Crippen molar-refractivity contribution in [2.24, 2.45) is 5.92 Å². The van der Waals surface area contributed by atoms with Crippen molar-refractivity contribution in [1.29, 1.82) is 0 Å². The first kappa shape index (κ1) is 14.8. The van der Waals surface area contributed by atoms with Gasteiger partial charge in [0.1, 0.15) is 0 Å². The van der Waals surface area contributed by atoms with Gasteiger partial charge in [-0.05, 0) is 19.8 Å². The van der Waals surface area contributed by atoms with Gasteiger partial charge in [-0.2, -0.15) is 0 Å². The van der Waals surface area contributed by atoms with E-state index in [-0.39, 0.29) is 11.9 Å². The van der Waals surface area contributed by atoms with Gasteiger partial charge in [-0.25, -0.2) is 9.78 Å². The minimum absolute atomic E-state index is 0.0560. The van der Waals surface area contributed by atoms with E-state index in [4.69, 9.17) is 5.11 Å². The van der Waals surface area contributed by atoms with Crippen molar-refractivity contribution in [3.63, 3.8) is 0 Å². The van der Waals surface area contributed by atoms with Crippen molar-refractivity contribution in [2.45, 2.75) is 26.3 Å². The summed E-state index contributed by atoms with van der Waals surface area (Å²) < 4.78 is 0. The van der Waals surface area contributed by atoms with Gasteiger partial charge in [0.25, 0.3) is 0 Å². The van der Waals surface area contributed by atoms with Crippen LogP contribution in [0.4, 0.5) is 4.79 Å². The average Bonchev–Trinajstić information content (AvgIpc) is 2.83. The highest BCUT2D eigenvalue weighted by Crippen LogP contribution is 2.19. The summed E-state index contributed by atoms with van der Waals surface area (Å²) in [7, 11) is 1.75. The molecular formula is C13H19N3O3S. The van der Waals surface area contributed by atoms with Crippen LogP contribution in [0, 0.1) is 12.8 Å². The number of carboxylic acid groups (broad SMARTS) is 1. The van der Waals surface area contributed by atoms with E-state index in [0.717, 1.165) is 10.7 Å². The van der Waals surface area contributed by atoms with Crippen LogP contribution in [0.1, 0.15) is 23.5 Å². The summed E-state index contributed by atoms with van der Waals surface area (Å²) in [5.41, 5.74) is 0.892. The Morgan fingerprint density at radius 2 is 2.15 bits per heavy atom. The summed E-state index contributed by atoms with van der Waals surface area (Å²) in [4.78, 5) is 30.9. The number of rotatable bonds is 3. The van der Waals surface area contributed by atoms with Gasteiger partial charge in [0.05, 0.1) is 23.2 Å². The fourth-order valence-electron chi connectivity index (χ4n) is 2.35. The fraction of sp³-hybridized carbons (Fsp3) is 0.615. The molecule has 0 aliphatic carbocycles. The Morgan fingerprint density at radius 3 is 2.65 bits per heavy atom. The highest BCUT2D eigenvalue weighted by molar-refractivity contribution is 7.09. The standard InChI is InChI=1S/C13H19N3O3S/c1-9-14-11(8-20-9)7-15(2)13(19)16-5-3-10(4-6-16)12(17)18/h8,10H,3-7H2,1-2H3,(H,17,18). The molecule has 7 heteroatoms. The van der Waals surface area contributed by atoms with Crippen LogP contribution in [0.5, 0.6) is 0 Å². The molecule has 6 nitrogen and oxygen atoms in total. The minimum atomic E-state index is -0.761. The number of hydrogen-bond donors (Lipinski definition) is 1. The summed E-state index contributed by atoms with van der Waals surface area (Å²) in [6.45, 7) is 3.45. The van der Waals surface area contributed by atoms with Crippen LogP contribution >= 0.6 is 11.3 Å². The van der Waals surface area contributed by atoms with E-state index in [2.05, 4.69) is 4.98 Å². The molecule has 2 rings (SSSR count). The van der Waals surface area contributed by atoms with E-state index in [1.165, 1.54) is 0 Å². The molecule has 1 saturated heterocycles. The number of carbonyl (C=O) groups excluding carboxylic acids is 1. The number of thiazole rings is 1. The number of urea groups is 1. The zero-order chi connectivity index (χ0) is 14.7. The van der Waals surface area contributed by atoms with Crippen LogP contribution in [0.15, 0.2) is 5.38 Å². The van der Waals surface area contributed by atoms with Crippen LogP contribution in [0.2, 0.25) is 0 Å². The van der Waals surface area contributed by atoms with Crippen LogP contribution in [-0.4, -0.2) is 52.0 Å². The van der Waals surface area contributed by atoms with Crippen molar-refractivity contribution in [2.75, 3.05) is 20.1 Å². The quantitative estimate of drug-likeness (QED) is 0.923. The number of carbonyl (C=O) groups is 2. The molecule has 1 aliphatic heterocycles. The van der Waals surface area contributed by atoms with Crippen LogP contribution in [0.3, 0.4) is 0 Å². The zero-order valence-electron chi connectivity index (χ0n) is 11.7. The van der Waals surface area contributed by atoms with E-state index in [0.29, 0.717) is 32.5 Å². The first-order valence-corrected chi connectivity index (χ1v) is 7.49. The van der Waals surface area contributed by atoms with Gasteiger partial charge in [-0.3, -0.25) is 4.79 Å². The third-order valence-electron chi connectivity index (χ3n) is 3.51. The van der Waals surface area contributed by atoms with E-state index in [1.54, 1.807) is 28.2 Å². The molecular weight excluding hydrogens is 278 g/mol. The lowest BCUT2D eigenvalue weighted by molar-refractivity contribution is -0.143. The largest absolute Gasteiger partial charge is 0.481 e. The highest BCUT2D eigenvalue weighted by atomic mass is 32.1. The maximum Gasteiger partial charge on any atom is 0.320 e. The molecule has 2 heterocycles. The predicted molar refractivity (Wildman–Crippen MR) is 75.6 cm³/mol. The van der Waals surface area contributed by atoms with Crippen molar-refractivity contribution >= 4 is 23.3 Å². The Hall–Kier alpha value is -1.63. The molecule has 1 aromatic heterocycles. The van der Waals surface area contributed by atoms with Gasteiger partial charge in [0.15, 0.2) is 0 Å². The lowest BCUT2D eigenvalue weighted by atomic mass is 9.97. The molecule has 0 aromatic carbocycles. The van der Waals surface area contributed by atoms with Gasteiger partial charge in [-0.15, -0.1) is 11.3 Å². The van der Waals surface area contributed by atoms with Crippen molar-refractivity contribution in [3.05, 3.63) is 16.1 Å². The second kappa shape index (κ2) is 6.21. The molecule has 1 fully saturated rings. The summed E-state index contributed by atoms with van der Waals surface area (Å²) >= 11 is 1.57. The molecule has 1 aromatic rings. The molecule has 110 valence electrons. The Bertz CT molecular complexity index is 495. The van der Waals surface area contributed by atoms with Gasteiger partial charge < -0.3 is 14.9 Å². The van der Waals surface area contributed by atoms with Gasteiger partial charge >= 0.3 is 12.0 Å². The molecule has 0 radical (unpaired) electrons. The van der Waals surface area contributed by atoms with Crippen molar-refractivity contribution < 1.29 is 14.7 Å². The molecule has 1 N–H and O–H groups in total. The summed E-state index contributed by atoms with van der Waals surface area (Å²) in [5, 5.41) is 11.9. The Labute approximate surface area is 122 Å². The van der Waals surface area contributed by atoms with Crippen LogP contribution < -0.4 is 0 Å². The van der Waals surface area contributed by atoms with E-state index >= 15 is 0 Å². The number of likely N-dealkylation sites (tertiary alicyclic amines) is 1. The molecule has 2 amide bonds. The summed E-state index contributed by atoms with van der Waals surface area (Å²) in [5.74, 6) is -1.08. The Kier molecular flexibility index (Phi) is 4.59. The third-order valence-corrected chi connectivity index (χ3v) is 4.33. The maximum atomic E-state index is 12.3. The smallest absolute Gasteiger partial charge is 0.320 e. The van der Waals surface area contributed by atoms with Crippen molar-refractivity contribution in [3.8, 4) is 0 Å². The molecule has 0 bridgehead atoms. The fourth-order valence-corrected chi connectivity index (χ4v) is 2.95. The van der Waals surface area contributed by atoms with Crippen LogP contribution in [-0.2, 0) is 11.3 Å². The monoisotopic (exact) mass is 297 g/mol. The molecule has 0 spiro atoms. The maximum absolute atomic E-state index is 12.3. The Morgan fingerprint density at radius 1 is 1.50 bits per heavy atom. The zero-order valence-corrected chi connectivity index (χ0v) is 12.5. The SMILES string of the molecule is Cc1nc(CN(C)C(=O)N2CCC(C(=O)O)CC2)cs1. The molecule has 0 saturated carbocycles. The second-order valence-electron chi connectivity index (χ2n) is 5.10. The number of hydrogen-bond acceptors (Lipinski definition) is 4. The van der Waals surface area contributed by atoms with E-state index in [1.807, 2.05) is 12.3 Å². The summed E-state index contributed by atoms with van der Waals surface area (Å²) in [6.07, 6.45) is 1.06. The van der Waals surface area contributed by atoms with Crippen molar-refractivity contribution in [1.82, 2.24) is 14.8 Å². The van der Waals surface area contributed by atoms with E-state index in [9.17, 15) is 9.59 Å². The number of aliphatic carboxylic acids is 1. The molecule has 20 heavy (non-hydrogen) atoms. The topological polar surface area (TPSA) is 73.7 Å². The first-order chi connectivity index (χ1) is 9.47. The summed E-state index contributed by atoms with van der Waals surface area (Å²) in [6, 6.07) is -0.0560. The van der Waals surface area contributed by atoms with Crippen LogP contribution in [0.25, 0.3) is 0 Å². The highest BCUT2D eigenvalue weighted by Gasteiger charge is 2.28. The number of piperidine rings is 1. The number of aryl methyl sites for hydroxylation is 1. The first-order valence-electron chi connectivity index (χ1n) is 6.61. The number of amides is 2. The number of nitrogens with zero attached hydrogens (tertiary/aromatic N) is 3. The van der Waals surface area contributed by atoms with Gasteiger partial charge in [0.2, 0.25) is 0 Å². The molecule has 0 atom stereocenters. The normalized spacial score (nSPS) is 16.2. The average molecular weight is 297 g/mol. The Balaban J connectivity index is 1.86. The minimum Gasteiger partial charge on any atom is -0.481 e. The van der Waals surface area contributed by atoms with E-state index < -0.39 is 5.97 Å². The third kappa shape index (κ3) is 3.47. The lowest BCUT2D eigenvalue weighted by Crippen LogP contribution is -2.45. The second-order valence-corrected chi connectivity index (χ2v) is 6.16.